The van der Waals surface area contributed by atoms with E-state index < -0.39 is 36.6 Å². The van der Waals surface area contributed by atoms with E-state index in [4.69, 9.17) is 0 Å². The number of halogens is 4. The lowest BCUT2D eigenvalue weighted by Gasteiger charge is -2.38. The van der Waals surface area contributed by atoms with Gasteiger partial charge >= 0.3 is 0 Å². The Morgan fingerprint density at radius 1 is 1.26 bits per heavy atom. The van der Waals surface area contributed by atoms with Gasteiger partial charge in [0.25, 0.3) is 11.8 Å². The van der Waals surface area contributed by atoms with Gasteiger partial charge in [0, 0.05) is 5.56 Å². The largest absolute Gasteiger partial charge is 0.326 e. The van der Waals surface area contributed by atoms with Gasteiger partial charge < -0.3 is 4.90 Å². The Kier molecular flexibility index (Phi) is 3.28. The maximum atomic E-state index is 13.5. The van der Waals surface area contributed by atoms with Gasteiger partial charge in [0.2, 0.25) is 0 Å². The van der Waals surface area contributed by atoms with Gasteiger partial charge in [-0.3, -0.25) is 4.79 Å². The van der Waals surface area contributed by atoms with E-state index in [9.17, 15) is 22.4 Å². The molecule has 1 fully saturated rings. The van der Waals surface area contributed by atoms with Crippen molar-refractivity contribution in [2.45, 2.75) is 25.7 Å². The summed E-state index contributed by atoms with van der Waals surface area (Å²) in [5.41, 5.74) is -0.0336. The second-order valence-corrected chi connectivity index (χ2v) is 5.03. The molecule has 1 aromatic carbocycles. The van der Waals surface area contributed by atoms with Gasteiger partial charge in [-0.15, -0.1) is 0 Å². The highest BCUT2D eigenvalue weighted by atomic mass is 19.3. The predicted octanol–water partition coefficient (Wildman–Crippen LogP) is 3.18. The smallest absolute Gasteiger partial charge is 0.282 e. The third kappa shape index (κ3) is 2.57. The van der Waals surface area contributed by atoms with Crippen LogP contribution in [0, 0.1) is 11.6 Å². The second-order valence-electron chi connectivity index (χ2n) is 5.03. The molecule has 104 valence electrons. The molecule has 0 aromatic heterocycles. The highest BCUT2D eigenvalue weighted by Gasteiger charge is 2.46. The average Bonchev–Trinajstić information content (AvgIpc) is 2.27. The fraction of sp³-hybridized carbons (Fsp3) is 0.462. The standard InChI is InChI=1S/C13H13F4NO/c1-7(2)9-3-8(4-10(14)11(9)15)12(19)18-5-13(16,17)6-18/h3-4,7H,5-6H2,1-2H3. The first-order valence-corrected chi connectivity index (χ1v) is 5.87. The van der Waals surface area contributed by atoms with Gasteiger partial charge in [-0.05, 0) is 23.6 Å². The van der Waals surface area contributed by atoms with E-state index in [-0.39, 0.29) is 17.0 Å². The normalized spacial score (nSPS) is 17.5. The van der Waals surface area contributed by atoms with Crippen LogP contribution in [-0.4, -0.2) is 29.8 Å². The molecule has 1 heterocycles. The lowest BCUT2D eigenvalue weighted by atomic mass is 9.98. The lowest BCUT2D eigenvalue weighted by molar-refractivity contribution is -0.113. The van der Waals surface area contributed by atoms with E-state index in [1.54, 1.807) is 13.8 Å². The molecule has 2 rings (SSSR count). The van der Waals surface area contributed by atoms with Gasteiger partial charge in [-0.2, -0.15) is 0 Å². The molecule has 1 aliphatic heterocycles. The zero-order valence-corrected chi connectivity index (χ0v) is 10.5. The molecule has 0 bridgehead atoms. The summed E-state index contributed by atoms with van der Waals surface area (Å²) in [5, 5.41) is 0. The molecule has 1 aromatic rings. The molecule has 1 amide bonds. The summed E-state index contributed by atoms with van der Waals surface area (Å²) in [7, 11) is 0. The van der Waals surface area contributed by atoms with Crippen molar-refractivity contribution in [1.29, 1.82) is 0 Å². The van der Waals surface area contributed by atoms with Crippen molar-refractivity contribution in [3.8, 4) is 0 Å². The number of amides is 1. The Morgan fingerprint density at radius 2 is 1.84 bits per heavy atom. The Morgan fingerprint density at radius 3 is 2.32 bits per heavy atom. The third-order valence-electron chi connectivity index (χ3n) is 3.06. The van der Waals surface area contributed by atoms with Gasteiger partial charge in [0.15, 0.2) is 11.6 Å². The zero-order chi connectivity index (χ0) is 14.4. The fourth-order valence-electron chi connectivity index (χ4n) is 1.99. The Hall–Kier alpha value is -1.59. The molecule has 0 atom stereocenters. The first-order chi connectivity index (χ1) is 8.71. The van der Waals surface area contributed by atoms with Gasteiger partial charge in [-0.25, -0.2) is 17.6 Å². The number of hydrogen-bond donors (Lipinski definition) is 0. The minimum atomic E-state index is -2.88. The molecule has 0 unspecified atom stereocenters. The maximum absolute atomic E-state index is 13.5. The summed E-state index contributed by atoms with van der Waals surface area (Å²) in [6.45, 7) is 1.96. The highest BCUT2D eigenvalue weighted by Crippen LogP contribution is 2.29. The van der Waals surface area contributed by atoms with E-state index in [2.05, 4.69) is 0 Å². The van der Waals surface area contributed by atoms with Crippen LogP contribution in [0.2, 0.25) is 0 Å². The molecule has 0 saturated carbocycles. The minimum absolute atomic E-state index is 0.0654. The monoisotopic (exact) mass is 275 g/mol. The number of carbonyl (C=O) groups excluding carboxylic acids is 1. The minimum Gasteiger partial charge on any atom is -0.326 e. The molecule has 19 heavy (non-hydrogen) atoms. The van der Waals surface area contributed by atoms with Crippen molar-refractivity contribution in [1.82, 2.24) is 4.90 Å². The second kappa shape index (κ2) is 4.51. The predicted molar refractivity (Wildman–Crippen MR) is 61.3 cm³/mol. The quantitative estimate of drug-likeness (QED) is 0.759. The topological polar surface area (TPSA) is 20.3 Å². The van der Waals surface area contributed by atoms with Crippen LogP contribution in [0.4, 0.5) is 17.6 Å². The molecule has 0 N–H and O–H groups in total. The van der Waals surface area contributed by atoms with E-state index in [1.165, 1.54) is 6.07 Å². The number of rotatable bonds is 2. The zero-order valence-electron chi connectivity index (χ0n) is 10.5. The SMILES string of the molecule is CC(C)c1cc(C(=O)N2CC(F)(F)C2)cc(F)c1F. The first kappa shape index (κ1) is 13.8. The van der Waals surface area contributed by atoms with Crippen LogP contribution in [0.3, 0.4) is 0 Å². The Bertz CT molecular complexity index is 520. The Balaban J connectivity index is 2.28. The molecular weight excluding hydrogens is 262 g/mol. The van der Waals surface area contributed by atoms with Crippen molar-refractivity contribution >= 4 is 5.91 Å². The number of likely N-dealkylation sites (tertiary alicyclic amines) is 1. The molecule has 0 aliphatic carbocycles. The molecule has 0 spiro atoms. The molecular formula is C13H13F4NO. The van der Waals surface area contributed by atoms with Crippen molar-refractivity contribution in [2.24, 2.45) is 0 Å². The van der Waals surface area contributed by atoms with Gasteiger partial charge in [0.1, 0.15) is 0 Å². The third-order valence-corrected chi connectivity index (χ3v) is 3.06. The number of alkyl halides is 2. The van der Waals surface area contributed by atoms with Crippen molar-refractivity contribution < 1.29 is 22.4 Å². The summed E-state index contributed by atoms with van der Waals surface area (Å²) in [6.07, 6.45) is 0. The van der Waals surface area contributed by atoms with Crippen LogP contribution in [0.5, 0.6) is 0 Å². The van der Waals surface area contributed by atoms with Crippen LogP contribution in [-0.2, 0) is 0 Å². The summed E-state index contributed by atoms with van der Waals surface area (Å²) in [5.74, 6) is -6.02. The first-order valence-electron chi connectivity index (χ1n) is 5.87. The van der Waals surface area contributed by atoms with E-state index >= 15 is 0 Å². The van der Waals surface area contributed by atoms with Crippen LogP contribution in [0.15, 0.2) is 12.1 Å². The van der Waals surface area contributed by atoms with Crippen molar-refractivity contribution in [2.75, 3.05) is 13.1 Å². The fourth-order valence-corrected chi connectivity index (χ4v) is 1.99. The highest BCUT2D eigenvalue weighted by molar-refractivity contribution is 5.95. The number of carbonyl (C=O) groups is 1. The Labute approximate surface area is 108 Å². The van der Waals surface area contributed by atoms with Gasteiger partial charge in [-0.1, -0.05) is 13.8 Å². The number of benzene rings is 1. The molecule has 1 aliphatic rings. The lowest BCUT2D eigenvalue weighted by Crippen LogP contribution is -2.58. The van der Waals surface area contributed by atoms with Crippen molar-refractivity contribution in [3.05, 3.63) is 34.9 Å². The molecule has 0 radical (unpaired) electrons. The van der Waals surface area contributed by atoms with E-state index in [1.807, 2.05) is 0 Å². The van der Waals surface area contributed by atoms with Crippen LogP contribution >= 0.6 is 0 Å². The van der Waals surface area contributed by atoms with Crippen LogP contribution in [0.1, 0.15) is 35.7 Å². The summed E-state index contributed by atoms with van der Waals surface area (Å²) in [6, 6.07) is 1.97. The summed E-state index contributed by atoms with van der Waals surface area (Å²) in [4.78, 5) is 12.8. The molecule has 6 heteroatoms. The van der Waals surface area contributed by atoms with Crippen LogP contribution < -0.4 is 0 Å². The van der Waals surface area contributed by atoms with E-state index in [0.717, 1.165) is 11.0 Å². The maximum Gasteiger partial charge on any atom is 0.282 e. The van der Waals surface area contributed by atoms with Crippen molar-refractivity contribution in [3.63, 3.8) is 0 Å². The number of nitrogens with zero attached hydrogens (tertiary/aromatic N) is 1. The van der Waals surface area contributed by atoms with Crippen LogP contribution in [0.25, 0.3) is 0 Å². The molecule has 1 saturated heterocycles. The van der Waals surface area contributed by atoms with Gasteiger partial charge in [0.05, 0.1) is 13.1 Å². The van der Waals surface area contributed by atoms with E-state index in [0.29, 0.717) is 0 Å². The number of hydrogen-bond acceptors (Lipinski definition) is 1. The summed E-state index contributed by atoms with van der Waals surface area (Å²) < 4.78 is 52.3. The molecule has 2 nitrogen and oxygen atoms in total. The average molecular weight is 275 g/mol. The summed E-state index contributed by atoms with van der Waals surface area (Å²) >= 11 is 0.